The quantitative estimate of drug-likeness (QED) is 0.774. The molecule has 0 bridgehead atoms. The standard InChI is InChI=1S/C18H18N4O2/c1-12-6-7-16(17(23)20-12)18(24)21-13(2)14-4-3-5-15(10-14)22-9-8-19-11-22/h3-11,13H,1-2H3,(H,20,23)(H,21,24)/t13-/m1/s1. The van der Waals surface area contributed by atoms with E-state index in [0.29, 0.717) is 0 Å². The molecule has 0 saturated carbocycles. The molecular formula is C18H18N4O2. The van der Waals surface area contributed by atoms with Crippen LogP contribution in [0.25, 0.3) is 5.69 Å². The first kappa shape index (κ1) is 15.7. The highest BCUT2D eigenvalue weighted by molar-refractivity contribution is 5.94. The van der Waals surface area contributed by atoms with Gasteiger partial charge in [0.05, 0.1) is 12.4 Å². The average molecular weight is 322 g/mol. The van der Waals surface area contributed by atoms with Crippen molar-refractivity contribution < 1.29 is 4.79 Å². The first-order chi connectivity index (χ1) is 11.5. The molecule has 3 rings (SSSR count). The number of rotatable bonds is 4. The van der Waals surface area contributed by atoms with Gasteiger partial charge in [0.25, 0.3) is 11.5 Å². The van der Waals surface area contributed by atoms with Crippen LogP contribution in [0.15, 0.2) is 59.9 Å². The molecule has 0 aliphatic rings. The predicted molar refractivity (Wildman–Crippen MR) is 91.2 cm³/mol. The summed E-state index contributed by atoms with van der Waals surface area (Å²) in [6.07, 6.45) is 5.28. The van der Waals surface area contributed by atoms with Crippen molar-refractivity contribution in [2.75, 3.05) is 0 Å². The number of aryl methyl sites for hydroxylation is 1. The monoisotopic (exact) mass is 322 g/mol. The fourth-order valence-corrected chi connectivity index (χ4v) is 2.48. The zero-order valence-electron chi connectivity index (χ0n) is 13.5. The van der Waals surface area contributed by atoms with E-state index in [1.807, 2.05) is 42.0 Å². The first-order valence-electron chi connectivity index (χ1n) is 7.63. The molecule has 0 fully saturated rings. The summed E-state index contributed by atoms with van der Waals surface area (Å²) in [4.78, 5) is 30.9. The average Bonchev–Trinajstić information content (AvgIpc) is 3.09. The van der Waals surface area contributed by atoms with Crippen molar-refractivity contribution in [3.63, 3.8) is 0 Å². The maximum Gasteiger partial charge on any atom is 0.260 e. The van der Waals surface area contributed by atoms with E-state index in [9.17, 15) is 9.59 Å². The minimum absolute atomic E-state index is 0.109. The van der Waals surface area contributed by atoms with Gasteiger partial charge in [0.2, 0.25) is 0 Å². The molecule has 1 aromatic carbocycles. The van der Waals surface area contributed by atoms with Crippen LogP contribution in [0.3, 0.4) is 0 Å². The highest BCUT2D eigenvalue weighted by atomic mass is 16.2. The number of aromatic nitrogens is 3. The predicted octanol–water partition coefficient (Wildman–Crippen LogP) is 2.36. The summed E-state index contributed by atoms with van der Waals surface area (Å²) in [5.41, 5.74) is 2.35. The molecule has 0 unspecified atom stereocenters. The van der Waals surface area contributed by atoms with Gasteiger partial charge in [-0.05, 0) is 43.7 Å². The lowest BCUT2D eigenvalue weighted by atomic mass is 10.1. The number of H-pyrrole nitrogens is 1. The van der Waals surface area contributed by atoms with E-state index in [1.165, 1.54) is 6.07 Å². The van der Waals surface area contributed by atoms with Crippen LogP contribution >= 0.6 is 0 Å². The summed E-state index contributed by atoms with van der Waals surface area (Å²) in [6, 6.07) is 10.8. The molecule has 6 nitrogen and oxygen atoms in total. The zero-order chi connectivity index (χ0) is 17.1. The maximum atomic E-state index is 12.3. The summed E-state index contributed by atoms with van der Waals surface area (Å²) >= 11 is 0. The first-order valence-corrected chi connectivity index (χ1v) is 7.63. The van der Waals surface area contributed by atoms with Gasteiger partial charge in [-0.15, -0.1) is 0 Å². The van der Waals surface area contributed by atoms with Crippen molar-refractivity contribution in [2.45, 2.75) is 19.9 Å². The normalized spacial score (nSPS) is 11.9. The summed E-state index contributed by atoms with van der Waals surface area (Å²) in [5.74, 6) is -0.392. The molecule has 3 aromatic rings. The summed E-state index contributed by atoms with van der Waals surface area (Å²) < 4.78 is 1.89. The molecule has 1 amide bonds. The number of carbonyl (C=O) groups is 1. The SMILES string of the molecule is Cc1ccc(C(=O)N[C@H](C)c2cccc(-n3ccnc3)c2)c(=O)[nH]1. The summed E-state index contributed by atoms with van der Waals surface area (Å²) in [7, 11) is 0. The van der Waals surface area contributed by atoms with Crippen molar-refractivity contribution in [1.82, 2.24) is 19.9 Å². The third kappa shape index (κ3) is 3.27. The van der Waals surface area contributed by atoms with Gasteiger partial charge in [-0.3, -0.25) is 9.59 Å². The molecule has 2 aromatic heterocycles. The van der Waals surface area contributed by atoms with Gasteiger partial charge in [0, 0.05) is 23.8 Å². The van der Waals surface area contributed by atoms with Gasteiger partial charge in [-0.1, -0.05) is 12.1 Å². The molecule has 6 heteroatoms. The van der Waals surface area contributed by atoms with Crippen LogP contribution in [-0.4, -0.2) is 20.4 Å². The van der Waals surface area contributed by atoms with Gasteiger partial charge in [-0.25, -0.2) is 4.98 Å². The molecule has 24 heavy (non-hydrogen) atoms. The molecule has 0 aliphatic heterocycles. The Morgan fingerprint density at radius 1 is 1.29 bits per heavy atom. The number of aromatic amines is 1. The molecule has 0 spiro atoms. The van der Waals surface area contributed by atoms with Crippen LogP contribution in [0.1, 0.15) is 34.6 Å². The second kappa shape index (κ2) is 6.54. The van der Waals surface area contributed by atoms with E-state index in [4.69, 9.17) is 0 Å². The van der Waals surface area contributed by atoms with Crippen LogP contribution < -0.4 is 10.9 Å². The Morgan fingerprint density at radius 3 is 2.83 bits per heavy atom. The Kier molecular flexibility index (Phi) is 4.29. The van der Waals surface area contributed by atoms with E-state index in [2.05, 4.69) is 15.3 Å². The topological polar surface area (TPSA) is 79.8 Å². The Labute approximate surface area is 139 Å². The van der Waals surface area contributed by atoms with Gasteiger partial charge >= 0.3 is 0 Å². The molecule has 2 heterocycles. The molecule has 0 radical (unpaired) electrons. The fourth-order valence-electron chi connectivity index (χ4n) is 2.48. The third-order valence-electron chi connectivity index (χ3n) is 3.82. The van der Waals surface area contributed by atoms with Crippen molar-refractivity contribution >= 4 is 5.91 Å². The van der Waals surface area contributed by atoms with Crippen molar-refractivity contribution in [1.29, 1.82) is 0 Å². The fraction of sp³-hybridized carbons (Fsp3) is 0.167. The van der Waals surface area contributed by atoms with Gasteiger partial charge in [0.15, 0.2) is 0 Å². The van der Waals surface area contributed by atoms with Crippen LogP contribution in [-0.2, 0) is 0 Å². The number of pyridine rings is 1. The highest BCUT2D eigenvalue weighted by Gasteiger charge is 2.14. The lowest BCUT2D eigenvalue weighted by Gasteiger charge is -2.15. The number of hydrogen-bond donors (Lipinski definition) is 2. The van der Waals surface area contributed by atoms with Crippen LogP contribution in [0.2, 0.25) is 0 Å². The Hall–Kier alpha value is -3.15. The number of imidazole rings is 1. The van der Waals surface area contributed by atoms with E-state index >= 15 is 0 Å². The largest absolute Gasteiger partial charge is 0.345 e. The smallest absolute Gasteiger partial charge is 0.260 e. The number of carbonyl (C=O) groups excluding carboxylic acids is 1. The Bertz CT molecular complexity index is 913. The second-order valence-electron chi connectivity index (χ2n) is 5.64. The lowest BCUT2D eigenvalue weighted by molar-refractivity contribution is 0.0938. The van der Waals surface area contributed by atoms with E-state index in [1.54, 1.807) is 25.5 Å². The van der Waals surface area contributed by atoms with E-state index in [-0.39, 0.29) is 17.2 Å². The van der Waals surface area contributed by atoms with Crippen LogP contribution in [0, 0.1) is 6.92 Å². The van der Waals surface area contributed by atoms with Gasteiger partial charge in [-0.2, -0.15) is 0 Å². The molecule has 1 atom stereocenters. The highest BCUT2D eigenvalue weighted by Crippen LogP contribution is 2.17. The van der Waals surface area contributed by atoms with Crippen molar-refractivity contribution in [3.8, 4) is 5.69 Å². The number of nitrogens with one attached hydrogen (secondary N) is 2. The molecule has 0 saturated heterocycles. The summed E-state index contributed by atoms with van der Waals surface area (Å²) in [6.45, 7) is 3.65. The van der Waals surface area contributed by atoms with E-state index < -0.39 is 5.91 Å². The zero-order valence-corrected chi connectivity index (χ0v) is 13.5. The third-order valence-corrected chi connectivity index (χ3v) is 3.82. The van der Waals surface area contributed by atoms with Gasteiger partial charge in [0.1, 0.15) is 5.56 Å². The molecule has 0 aliphatic carbocycles. The molecular weight excluding hydrogens is 304 g/mol. The second-order valence-corrected chi connectivity index (χ2v) is 5.64. The number of amides is 1. The van der Waals surface area contributed by atoms with Crippen LogP contribution in [0.5, 0.6) is 0 Å². The molecule has 2 N–H and O–H groups in total. The summed E-state index contributed by atoms with van der Waals surface area (Å²) in [5, 5.41) is 2.86. The minimum Gasteiger partial charge on any atom is -0.345 e. The molecule has 122 valence electrons. The lowest BCUT2D eigenvalue weighted by Crippen LogP contribution is -2.31. The van der Waals surface area contributed by atoms with E-state index in [0.717, 1.165) is 16.9 Å². The Balaban J connectivity index is 1.80. The maximum absolute atomic E-state index is 12.3. The number of benzene rings is 1. The minimum atomic E-state index is -0.392. The number of nitrogens with zero attached hydrogens (tertiary/aromatic N) is 2. The van der Waals surface area contributed by atoms with Crippen LogP contribution in [0.4, 0.5) is 0 Å². The van der Waals surface area contributed by atoms with Crippen molar-refractivity contribution in [3.05, 3.63) is 82.3 Å². The number of hydrogen-bond acceptors (Lipinski definition) is 3. The Morgan fingerprint density at radius 2 is 2.12 bits per heavy atom. The van der Waals surface area contributed by atoms with Gasteiger partial charge < -0.3 is 14.9 Å². The van der Waals surface area contributed by atoms with Crippen molar-refractivity contribution in [2.24, 2.45) is 0 Å².